The van der Waals surface area contributed by atoms with Crippen LogP contribution in [0.15, 0.2) is 45.6 Å². The average molecular weight is 548 g/mol. The van der Waals surface area contributed by atoms with Crippen LogP contribution in [0.5, 0.6) is 23.0 Å². The van der Waals surface area contributed by atoms with E-state index in [2.05, 4.69) is 0 Å². The molecule has 5 unspecified atom stereocenters. The normalized spacial score (nSPS) is 22.9. The van der Waals surface area contributed by atoms with Crippen LogP contribution in [0.2, 0.25) is 0 Å². The summed E-state index contributed by atoms with van der Waals surface area (Å²) < 4.78 is 21.5. The Labute approximate surface area is 218 Å². The van der Waals surface area contributed by atoms with Crippen LogP contribution in [0.1, 0.15) is 12.8 Å². The van der Waals surface area contributed by atoms with Gasteiger partial charge in [0, 0.05) is 17.7 Å². The Morgan fingerprint density at radius 2 is 1.62 bits per heavy atom. The third kappa shape index (κ3) is 5.88. The summed E-state index contributed by atoms with van der Waals surface area (Å²) in [5.74, 6) is -4.10. The zero-order chi connectivity index (χ0) is 28.4. The lowest BCUT2D eigenvalue weighted by Gasteiger charge is -2.39. The van der Waals surface area contributed by atoms with Crippen molar-refractivity contribution >= 4 is 22.9 Å². The molecule has 1 fully saturated rings. The first kappa shape index (κ1) is 27.7. The van der Waals surface area contributed by atoms with Crippen molar-refractivity contribution in [3.8, 4) is 34.3 Å². The van der Waals surface area contributed by atoms with Crippen LogP contribution in [0.4, 0.5) is 0 Å². The molecule has 0 bridgehead atoms. The number of carboxylic acid groups (broad SMARTS) is 1. The summed E-state index contributed by atoms with van der Waals surface area (Å²) >= 11 is 0. The largest absolute Gasteiger partial charge is 0.508 e. The number of phenols is 2. The second kappa shape index (κ2) is 11.2. The number of esters is 1. The number of hydrogen-bond acceptors (Lipinski definition) is 13. The van der Waals surface area contributed by atoms with Crippen molar-refractivity contribution in [1.82, 2.24) is 0 Å². The Morgan fingerprint density at radius 1 is 0.923 bits per heavy atom. The Hall–Kier alpha value is -4.37. The average Bonchev–Trinajstić information content (AvgIpc) is 2.89. The molecular formula is C25H24O14. The van der Waals surface area contributed by atoms with Crippen LogP contribution >= 0.6 is 0 Å². The standard InChI is InChI=1S/C25H24O14/c26-11-3-1-10(2-4-11)24-22(34)20(32)18-13(27)7-12(8-14(18)38-24)37-25-23(35)21(33)19(31)15(39-25)9-36-17(30)6-5-16(28)29/h1-4,7-8,15,19,21,23,25-27,31,33-35H,5-6,9H2,(H,28,29). The van der Waals surface area contributed by atoms with Crippen molar-refractivity contribution in [3.05, 3.63) is 46.6 Å². The number of ether oxygens (including phenoxy) is 3. The maximum Gasteiger partial charge on any atom is 0.306 e. The van der Waals surface area contributed by atoms with E-state index in [0.29, 0.717) is 0 Å². The molecule has 0 radical (unpaired) electrons. The molecule has 0 amide bonds. The number of carbonyl (C=O) groups excluding carboxylic acids is 1. The maximum absolute atomic E-state index is 12.7. The third-order valence-corrected chi connectivity index (χ3v) is 5.93. The van der Waals surface area contributed by atoms with E-state index in [0.717, 1.165) is 12.1 Å². The Bertz CT molecular complexity index is 1430. The third-order valence-electron chi connectivity index (χ3n) is 5.93. The topological polar surface area (TPSA) is 234 Å². The minimum absolute atomic E-state index is 0.0682. The van der Waals surface area contributed by atoms with E-state index < -0.39 is 79.0 Å². The van der Waals surface area contributed by atoms with Crippen LogP contribution in [-0.2, 0) is 19.1 Å². The quantitative estimate of drug-likeness (QED) is 0.186. The van der Waals surface area contributed by atoms with Gasteiger partial charge in [0.2, 0.25) is 17.5 Å². The highest BCUT2D eigenvalue weighted by Crippen LogP contribution is 2.36. The molecule has 0 saturated carbocycles. The van der Waals surface area contributed by atoms with Gasteiger partial charge in [0.25, 0.3) is 0 Å². The second-order valence-electron chi connectivity index (χ2n) is 8.68. The van der Waals surface area contributed by atoms with Crippen LogP contribution in [0.3, 0.4) is 0 Å². The number of phenolic OH excluding ortho intramolecular Hbond substituents is 2. The highest BCUT2D eigenvalue weighted by molar-refractivity contribution is 5.88. The van der Waals surface area contributed by atoms with Crippen molar-refractivity contribution in [2.24, 2.45) is 0 Å². The van der Waals surface area contributed by atoms with E-state index in [1.165, 1.54) is 24.3 Å². The minimum atomic E-state index is -1.81. The zero-order valence-corrected chi connectivity index (χ0v) is 20.0. The molecule has 14 heteroatoms. The fraction of sp³-hybridized carbons (Fsp3) is 0.320. The van der Waals surface area contributed by atoms with Crippen molar-refractivity contribution < 1.29 is 64.0 Å². The monoisotopic (exact) mass is 548 g/mol. The van der Waals surface area contributed by atoms with E-state index >= 15 is 0 Å². The first-order valence-electron chi connectivity index (χ1n) is 11.5. The van der Waals surface area contributed by atoms with Gasteiger partial charge in [-0.2, -0.15) is 0 Å². The lowest BCUT2D eigenvalue weighted by Crippen LogP contribution is -2.60. The summed E-state index contributed by atoms with van der Waals surface area (Å²) in [4.78, 5) is 35.0. The molecule has 7 N–H and O–H groups in total. The van der Waals surface area contributed by atoms with Crippen molar-refractivity contribution in [2.75, 3.05) is 6.61 Å². The first-order valence-corrected chi connectivity index (χ1v) is 11.5. The SMILES string of the molecule is O=C(O)CCC(=O)OCC1OC(Oc2cc(O)c3c(=O)c(O)c(-c4ccc(O)cc4)oc3c2)C(O)C(O)C1O. The van der Waals surface area contributed by atoms with E-state index in [4.69, 9.17) is 23.7 Å². The number of aliphatic carboxylic acids is 1. The number of carboxylic acids is 1. The van der Waals surface area contributed by atoms with Crippen LogP contribution in [0, 0.1) is 0 Å². The zero-order valence-electron chi connectivity index (χ0n) is 20.0. The molecule has 0 aliphatic carbocycles. The van der Waals surface area contributed by atoms with Gasteiger partial charge in [-0.1, -0.05) is 0 Å². The molecule has 1 aromatic heterocycles. The van der Waals surface area contributed by atoms with Gasteiger partial charge in [0.05, 0.1) is 12.8 Å². The number of carbonyl (C=O) groups is 2. The predicted octanol–water partition coefficient (Wildman–Crippen LogP) is 0.171. The molecule has 1 aliphatic rings. The highest BCUT2D eigenvalue weighted by Gasteiger charge is 2.45. The summed E-state index contributed by atoms with van der Waals surface area (Å²) in [6.45, 7) is -0.601. The fourth-order valence-corrected chi connectivity index (χ4v) is 3.88. The van der Waals surface area contributed by atoms with Crippen molar-refractivity contribution in [1.29, 1.82) is 0 Å². The Morgan fingerprint density at radius 3 is 2.28 bits per heavy atom. The summed E-state index contributed by atoms with van der Waals surface area (Å²) in [5, 5.41) is 69.4. The Balaban J connectivity index is 1.58. The molecule has 1 aliphatic heterocycles. The fourth-order valence-electron chi connectivity index (χ4n) is 3.88. The van der Waals surface area contributed by atoms with Gasteiger partial charge in [-0.15, -0.1) is 0 Å². The molecule has 14 nitrogen and oxygen atoms in total. The smallest absolute Gasteiger partial charge is 0.306 e. The van der Waals surface area contributed by atoms with Crippen molar-refractivity contribution in [2.45, 2.75) is 43.5 Å². The molecule has 2 aromatic carbocycles. The molecule has 0 spiro atoms. The van der Waals surface area contributed by atoms with Gasteiger partial charge in [-0.05, 0) is 24.3 Å². The number of rotatable bonds is 8. The van der Waals surface area contributed by atoms with Crippen LogP contribution in [0.25, 0.3) is 22.3 Å². The van der Waals surface area contributed by atoms with Crippen LogP contribution in [-0.4, -0.2) is 85.0 Å². The van der Waals surface area contributed by atoms with Gasteiger partial charge in [0.15, 0.2) is 5.76 Å². The number of aromatic hydroxyl groups is 3. The number of aliphatic hydroxyl groups excluding tert-OH is 3. The van der Waals surface area contributed by atoms with Crippen LogP contribution < -0.4 is 10.2 Å². The summed E-state index contributed by atoms with van der Waals surface area (Å²) in [6.07, 6.45) is -9.28. The van der Waals surface area contributed by atoms with E-state index in [1.54, 1.807) is 0 Å². The van der Waals surface area contributed by atoms with Gasteiger partial charge < -0.3 is 54.4 Å². The van der Waals surface area contributed by atoms with Gasteiger partial charge in [0.1, 0.15) is 59.2 Å². The number of benzene rings is 2. The molecular weight excluding hydrogens is 524 g/mol. The highest BCUT2D eigenvalue weighted by atomic mass is 16.7. The molecule has 5 atom stereocenters. The summed E-state index contributed by atoms with van der Waals surface area (Å²) in [5.41, 5.74) is -0.953. The number of fused-ring (bicyclic) bond motifs is 1. The maximum atomic E-state index is 12.7. The van der Waals surface area contributed by atoms with Gasteiger partial charge in [-0.3, -0.25) is 14.4 Å². The van der Waals surface area contributed by atoms with E-state index in [-0.39, 0.29) is 33.8 Å². The summed E-state index contributed by atoms with van der Waals surface area (Å²) in [7, 11) is 0. The molecule has 4 rings (SSSR count). The van der Waals surface area contributed by atoms with E-state index in [1.807, 2.05) is 0 Å². The summed E-state index contributed by atoms with van der Waals surface area (Å²) in [6, 6.07) is 7.48. The first-order chi connectivity index (χ1) is 18.5. The number of aliphatic hydroxyl groups is 3. The molecule has 1 saturated heterocycles. The molecule has 208 valence electrons. The molecule has 39 heavy (non-hydrogen) atoms. The Kier molecular flexibility index (Phi) is 7.92. The minimum Gasteiger partial charge on any atom is -0.508 e. The predicted molar refractivity (Wildman–Crippen MR) is 128 cm³/mol. The second-order valence-corrected chi connectivity index (χ2v) is 8.68. The lowest BCUT2D eigenvalue weighted by atomic mass is 9.99. The molecule has 2 heterocycles. The number of hydrogen-bond donors (Lipinski definition) is 7. The van der Waals surface area contributed by atoms with Gasteiger partial charge in [-0.25, -0.2) is 0 Å². The van der Waals surface area contributed by atoms with Crippen molar-refractivity contribution in [3.63, 3.8) is 0 Å². The molecule has 3 aromatic rings. The van der Waals surface area contributed by atoms with E-state index in [9.17, 15) is 45.0 Å². The van der Waals surface area contributed by atoms with Gasteiger partial charge >= 0.3 is 11.9 Å². The lowest BCUT2D eigenvalue weighted by molar-refractivity contribution is -0.278.